The second kappa shape index (κ2) is 8.92. The Kier molecular flexibility index (Phi) is 6.91. The molecule has 0 saturated heterocycles. The third-order valence-electron chi connectivity index (χ3n) is 3.28. The first-order valence-electron chi connectivity index (χ1n) is 7.21. The van der Waals surface area contributed by atoms with Crippen LogP contribution >= 0.6 is 34.8 Å². The van der Waals surface area contributed by atoms with E-state index < -0.39 is 5.91 Å². The summed E-state index contributed by atoms with van der Waals surface area (Å²) < 4.78 is 0. The molecule has 0 fully saturated rings. The minimum atomic E-state index is -0.395. The number of carbonyl (C=O) groups excluding carboxylic acids is 2. The summed E-state index contributed by atoms with van der Waals surface area (Å²) in [5.41, 5.74) is 1.18. The van der Waals surface area contributed by atoms with Crippen LogP contribution in [0.5, 0.6) is 0 Å². The van der Waals surface area contributed by atoms with Crippen LogP contribution in [0, 0.1) is 0 Å². The van der Waals surface area contributed by atoms with E-state index in [1.165, 1.54) is 0 Å². The molecule has 0 radical (unpaired) electrons. The number of rotatable bonds is 6. The Labute approximate surface area is 155 Å². The monoisotopic (exact) mass is 384 g/mol. The summed E-state index contributed by atoms with van der Waals surface area (Å²) in [6.45, 7) is 0.258. The van der Waals surface area contributed by atoms with Gasteiger partial charge in [-0.25, -0.2) is 0 Å². The normalized spacial score (nSPS) is 10.3. The van der Waals surface area contributed by atoms with Crippen molar-refractivity contribution in [1.29, 1.82) is 0 Å². The van der Waals surface area contributed by atoms with Crippen LogP contribution < -0.4 is 10.6 Å². The molecule has 0 saturated carbocycles. The maximum absolute atomic E-state index is 11.9. The van der Waals surface area contributed by atoms with Crippen molar-refractivity contribution in [2.45, 2.75) is 6.42 Å². The molecule has 0 unspecified atom stereocenters. The van der Waals surface area contributed by atoms with Crippen molar-refractivity contribution in [3.63, 3.8) is 0 Å². The predicted molar refractivity (Wildman–Crippen MR) is 97.0 cm³/mol. The molecule has 0 aliphatic heterocycles. The van der Waals surface area contributed by atoms with Gasteiger partial charge in [-0.15, -0.1) is 0 Å². The Bertz CT molecular complexity index is 750. The predicted octanol–water partition coefficient (Wildman–Crippen LogP) is 3.74. The van der Waals surface area contributed by atoms with Gasteiger partial charge >= 0.3 is 0 Å². The van der Waals surface area contributed by atoms with Crippen LogP contribution in [0.2, 0.25) is 15.1 Å². The van der Waals surface area contributed by atoms with E-state index in [1.54, 1.807) is 36.4 Å². The van der Waals surface area contributed by atoms with Crippen LogP contribution in [0.25, 0.3) is 0 Å². The first-order chi connectivity index (χ1) is 11.5. The summed E-state index contributed by atoms with van der Waals surface area (Å²) in [6, 6.07) is 12.0. The second-order valence-corrected chi connectivity index (χ2v) is 6.17. The van der Waals surface area contributed by atoms with E-state index in [4.69, 9.17) is 34.8 Å². The maximum Gasteiger partial charge on any atom is 0.253 e. The molecular weight excluding hydrogens is 371 g/mol. The van der Waals surface area contributed by atoms with E-state index in [1.807, 2.05) is 6.07 Å². The van der Waals surface area contributed by atoms with Crippen LogP contribution in [0.3, 0.4) is 0 Å². The Morgan fingerprint density at radius 1 is 0.875 bits per heavy atom. The molecule has 0 aromatic heterocycles. The molecule has 0 heterocycles. The van der Waals surface area contributed by atoms with Crippen LogP contribution in [0.4, 0.5) is 0 Å². The average molecular weight is 386 g/mol. The zero-order valence-corrected chi connectivity index (χ0v) is 14.9. The first kappa shape index (κ1) is 18.6. The highest BCUT2D eigenvalue weighted by molar-refractivity contribution is 6.42. The molecule has 2 amide bonds. The quantitative estimate of drug-likeness (QED) is 0.796. The number of nitrogens with one attached hydrogen (secondary N) is 2. The van der Waals surface area contributed by atoms with Crippen molar-refractivity contribution in [2.24, 2.45) is 0 Å². The highest BCUT2D eigenvalue weighted by Gasteiger charge is 2.11. The third-order valence-corrected chi connectivity index (χ3v) is 4.46. The fourth-order valence-electron chi connectivity index (χ4n) is 2.04. The number of hydrogen-bond donors (Lipinski definition) is 2. The van der Waals surface area contributed by atoms with Crippen molar-refractivity contribution in [3.05, 3.63) is 68.7 Å². The number of halogens is 3. The summed E-state index contributed by atoms with van der Waals surface area (Å²) in [7, 11) is 0. The Balaban J connectivity index is 1.77. The van der Waals surface area contributed by atoms with E-state index in [0.29, 0.717) is 33.6 Å². The van der Waals surface area contributed by atoms with Crippen LogP contribution in [-0.2, 0) is 11.2 Å². The lowest BCUT2D eigenvalue weighted by Gasteiger charge is -2.09. The second-order valence-electron chi connectivity index (χ2n) is 4.98. The molecule has 0 spiro atoms. The Morgan fingerprint density at radius 2 is 1.58 bits per heavy atom. The molecule has 2 aromatic rings. The van der Waals surface area contributed by atoms with E-state index in [0.717, 1.165) is 5.56 Å². The molecule has 7 heteroatoms. The number of carbonyl (C=O) groups is 2. The highest BCUT2D eigenvalue weighted by Crippen LogP contribution is 2.25. The first-order valence-corrected chi connectivity index (χ1v) is 8.34. The Morgan fingerprint density at radius 3 is 2.33 bits per heavy atom. The van der Waals surface area contributed by atoms with Gasteiger partial charge in [0.05, 0.1) is 27.2 Å². The zero-order chi connectivity index (χ0) is 17.5. The summed E-state index contributed by atoms with van der Waals surface area (Å²) in [5.74, 6) is -0.692. The standard InChI is InChI=1S/C17H15Cl3N2O2/c18-13-6-2-1-5-12(13)17(24)22-10-15(23)21-9-8-11-4-3-7-14(19)16(11)20/h1-7H,8-10H2,(H,21,23)(H,22,24). The summed E-state index contributed by atoms with van der Waals surface area (Å²) in [5, 5.41) is 6.54. The van der Waals surface area contributed by atoms with Gasteiger partial charge < -0.3 is 10.6 Å². The third kappa shape index (κ3) is 5.13. The smallest absolute Gasteiger partial charge is 0.253 e. The van der Waals surface area contributed by atoms with Gasteiger partial charge in [0.25, 0.3) is 5.91 Å². The molecule has 4 nitrogen and oxygen atoms in total. The van der Waals surface area contributed by atoms with Gasteiger partial charge in [-0.2, -0.15) is 0 Å². The molecule has 0 bridgehead atoms. The van der Waals surface area contributed by atoms with E-state index in [2.05, 4.69) is 10.6 Å². The molecule has 2 aromatic carbocycles. The molecule has 0 aliphatic rings. The highest BCUT2D eigenvalue weighted by atomic mass is 35.5. The summed E-state index contributed by atoms with van der Waals surface area (Å²) >= 11 is 17.9. The van der Waals surface area contributed by atoms with Crippen LogP contribution in [-0.4, -0.2) is 24.9 Å². The van der Waals surface area contributed by atoms with Crippen molar-refractivity contribution in [2.75, 3.05) is 13.1 Å². The van der Waals surface area contributed by atoms with Crippen molar-refractivity contribution in [1.82, 2.24) is 10.6 Å². The zero-order valence-electron chi connectivity index (χ0n) is 12.6. The fraction of sp³-hybridized carbons (Fsp3) is 0.176. The van der Waals surface area contributed by atoms with Gasteiger partial charge in [0.2, 0.25) is 5.91 Å². The fourth-order valence-corrected chi connectivity index (χ4v) is 2.68. The molecule has 24 heavy (non-hydrogen) atoms. The topological polar surface area (TPSA) is 58.2 Å². The lowest BCUT2D eigenvalue weighted by molar-refractivity contribution is -0.120. The van der Waals surface area contributed by atoms with Gasteiger partial charge in [-0.05, 0) is 30.2 Å². The largest absolute Gasteiger partial charge is 0.354 e. The number of hydrogen-bond acceptors (Lipinski definition) is 2. The SMILES string of the molecule is O=C(CNC(=O)c1ccccc1Cl)NCCc1cccc(Cl)c1Cl. The lowest BCUT2D eigenvalue weighted by Crippen LogP contribution is -2.37. The van der Waals surface area contributed by atoms with Crippen LogP contribution in [0.1, 0.15) is 15.9 Å². The van der Waals surface area contributed by atoms with Crippen molar-refractivity contribution >= 4 is 46.6 Å². The molecule has 0 aliphatic carbocycles. The van der Waals surface area contributed by atoms with Gasteiger partial charge in [0.1, 0.15) is 0 Å². The molecule has 0 atom stereocenters. The van der Waals surface area contributed by atoms with Crippen LogP contribution in [0.15, 0.2) is 42.5 Å². The molecule has 2 rings (SSSR count). The van der Waals surface area contributed by atoms with E-state index in [-0.39, 0.29) is 12.5 Å². The average Bonchev–Trinajstić information content (AvgIpc) is 2.57. The minimum absolute atomic E-state index is 0.132. The number of amides is 2. The molecular formula is C17H15Cl3N2O2. The van der Waals surface area contributed by atoms with E-state index in [9.17, 15) is 9.59 Å². The minimum Gasteiger partial charge on any atom is -0.354 e. The van der Waals surface area contributed by atoms with E-state index >= 15 is 0 Å². The van der Waals surface area contributed by atoms with Gasteiger partial charge in [0, 0.05) is 6.54 Å². The summed E-state index contributed by atoms with van der Waals surface area (Å²) in [4.78, 5) is 23.7. The molecule has 2 N–H and O–H groups in total. The Hall–Kier alpha value is -1.75. The maximum atomic E-state index is 11.9. The van der Waals surface area contributed by atoms with Gasteiger partial charge in [-0.3, -0.25) is 9.59 Å². The van der Waals surface area contributed by atoms with Crippen molar-refractivity contribution < 1.29 is 9.59 Å². The molecule has 126 valence electrons. The van der Waals surface area contributed by atoms with Gasteiger partial charge in [-0.1, -0.05) is 59.1 Å². The number of benzene rings is 2. The van der Waals surface area contributed by atoms with Crippen molar-refractivity contribution in [3.8, 4) is 0 Å². The lowest BCUT2D eigenvalue weighted by atomic mass is 10.1. The van der Waals surface area contributed by atoms with Gasteiger partial charge in [0.15, 0.2) is 0 Å². The summed E-state index contributed by atoms with van der Waals surface area (Å²) in [6.07, 6.45) is 0.545.